The Morgan fingerprint density at radius 2 is 2.00 bits per heavy atom. The average Bonchev–Trinajstić information content (AvgIpc) is 3.34. The van der Waals surface area contributed by atoms with Crippen molar-refractivity contribution in [3.63, 3.8) is 0 Å². The van der Waals surface area contributed by atoms with Gasteiger partial charge in [0.05, 0.1) is 6.54 Å². The summed E-state index contributed by atoms with van der Waals surface area (Å²) in [6.07, 6.45) is 1.91. The van der Waals surface area contributed by atoms with Crippen LogP contribution in [-0.2, 0) is 19.3 Å². The molecule has 29 heavy (non-hydrogen) atoms. The number of thiazole rings is 1. The lowest BCUT2D eigenvalue weighted by molar-refractivity contribution is -0.140. The van der Waals surface area contributed by atoms with Gasteiger partial charge in [0.2, 0.25) is 5.88 Å². The van der Waals surface area contributed by atoms with Gasteiger partial charge in [-0.3, -0.25) is 4.99 Å². The summed E-state index contributed by atoms with van der Waals surface area (Å²) in [5, 5.41) is 7.45. The Morgan fingerprint density at radius 3 is 2.66 bits per heavy atom. The quantitative estimate of drug-likeness (QED) is 0.323. The molecule has 2 aromatic heterocycles. The number of hydrogen-bond donors (Lipinski definition) is 2. The fraction of sp³-hybridized carbons (Fsp3) is 0.500. The van der Waals surface area contributed by atoms with E-state index in [1.807, 2.05) is 12.1 Å². The van der Waals surface area contributed by atoms with Crippen LogP contribution in [0.25, 0.3) is 0 Å². The van der Waals surface area contributed by atoms with Crippen molar-refractivity contribution in [2.24, 2.45) is 4.99 Å². The lowest BCUT2D eigenvalue weighted by Gasteiger charge is -2.16. The molecule has 0 unspecified atom stereocenters. The third kappa shape index (κ3) is 6.98. The van der Waals surface area contributed by atoms with Crippen molar-refractivity contribution in [2.45, 2.75) is 51.1 Å². The van der Waals surface area contributed by atoms with Crippen LogP contribution in [0.15, 0.2) is 28.7 Å². The summed E-state index contributed by atoms with van der Waals surface area (Å²) in [6.45, 7) is 0.583. The molecule has 0 atom stereocenters. The van der Waals surface area contributed by atoms with Gasteiger partial charge in [-0.2, -0.15) is 13.2 Å². The summed E-state index contributed by atoms with van der Waals surface area (Å²) in [4.78, 5) is 12.0. The van der Waals surface area contributed by atoms with E-state index in [4.69, 9.17) is 4.74 Å². The normalized spacial score (nSPS) is 15.1. The molecule has 3 rings (SSSR count). The molecule has 2 heterocycles. The van der Waals surface area contributed by atoms with Gasteiger partial charge in [-0.1, -0.05) is 6.07 Å². The Labute approximate surface area is 188 Å². The first-order chi connectivity index (χ1) is 13.5. The van der Waals surface area contributed by atoms with E-state index in [1.54, 1.807) is 13.2 Å². The molecule has 0 bridgehead atoms. The number of ether oxygens (including phenoxy) is 1. The van der Waals surface area contributed by atoms with Gasteiger partial charge < -0.3 is 15.4 Å². The minimum Gasteiger partial charge on any atom is -0.474 e. The Kier molecular flexibility index (Phi) is 8.93. The van der Waals surface area contributed by atoms with Gasteiger partial charge >= 0.3 is 6.18 Å². The van der Waals surface area contributed by atoms with Crippen LogP contribution in [-0.4, -0.2) is 29.1 Å². The highest BCUT2D eigenvalue weighted by molar-refractivity contribution is 14.0. The molecule has 0 saturated heterocycles. The summed E-state index contributed by atoms with van der Waals surface area (Å²) >= 11 is 0.957. The number of halogens is 4. The molecule has 1 aliphatic carbocycles. The number of nitrogens with one attached hydrogen (secondary N) is 2. The Hall–Kier alpha value is -1.63. The van der Waals surface area contributed by atoms with Gasteiger partial charge in [-0.25, -0.2) is 9.97 Å². The average molecular weight is 541 g/mol. The minimum atomic E-state index is -4.43. The molecule has 0 amide bonds. The van der Waals surface area contributed by atoms with Crippen LogP contribution < -0.4 is 15.4 Å². The summed E-state index contributed by atoms with van der Waals surface area (Å²) in [5.74, 6) is 1.06. The van der Waals surface area contributed by atoms with Crippen molar-refractivity contribution in [1.29, 1.82) is 0 Å². The van der Waals surface area contributed by atoms with Crippen molar-refractivity contribution in [2.75, 3.05) is 7.05 Å². The molecule has 0 spiro atoms. The smallest absolute Gasteiger partial charge is 0.434 e. The topological polar surface area (TPSA) is 71.4 Å². The van der Waals surface area contributed by atoms with Gasteiger partial charge in [-0.15, -0.1) is 35.3 Å². The van der Waals surface area contributed by atoms with Gasteiger partial charge in [0, 0.05) is 30.7 Å². The van der Waals surface area contributed by atoms with Crippen LogP contribution in [0.4, 0.5) is 13.2 Å². The van der Waals surface area contributed by atoms with Crippen LogP contribution in [0.1, 0.15) is 41.9 Å². The fourth-order valence-corrected chi connectivity index (χ4v) is 3.65. The highest BCUT2D eigenvalue weighted by Gasteiger charge is 2.33. The van der Waals surface area contributed by atoms with Gasteiger partial charge in [-0.05, 0) is 31.7 Å². The number of nitrogens with zero attached hydrogens (tertiary/aromatic N) is 3. The molecule has 2 N–H and O–H groups in total. The van der Waals surface area contributed by atoms with Crippen molar-refractivity contribution >= 4 is 41.3 Å². The van der Waals surface area contributed by atoms with Crippen molar-refractivity contribution in [1.82, 2.24) is 20.6 Å². The van der Waals surface area contributed by atoms with Crippen LogP contribution in [0.3, 0.4) is 0 Å². The van der Waals surface area contributed by atoms with Crippen LogP contribution >= 0.6 is 35.3 Å². The Balaban J connectivity index is 0.00000300. The number of aromatic nitrogens is 2. The first-order valence-corrected chi connectivity index (χ1v) is 9.90. The maximum atomic E-state index is 12.6. The molecule has 0 aliphatic heterocycles. The Bertz CT molecular complexity index is 809. The molecule has 2 aromatic rings. The summed E-state index contributed by atoms with van der Waals surface area (Å²) in [6, 6.07) is 3.76. The second kappa shape index (κ2) is 11.0. The minimum absolute atomic E-state index is 0. The predicted octanol–water partition coefficient (Wildman–Crippen LogP) is 4.36. The first kappa shape index (κ1) is 23.6. The molecular formula is C18H23F3IN5OS. The second-order valence-corrected chi connectivity index (χ2v) is 7.34. The molecule has 11 heteroatoms. The van der Waals surface area contributed by atoms with Gasteiger partial charge in [0.1, 0.15) is 11.1 Å². The highest BCUT2D eigenvalue weighted by atomic mass is 127. The number of rotatable bonds is 6. The summed E-state index contributed by atoms with van der Waals surface area (Å²) in [7, 11) is 1.59. The fourth-order valence-electron chi connectivity index (χ4n) is 2.91. The van der Waals surface area contributed by atoms with Crippen LogP contribution in [0.5, 0.6) is 5.88 Å². The van der Waals surface area contributed by atoms with Crippen molar-refractivity contribution < 1.29 is 17.9 Å². The standard InChI is InChI=1S/C18H22F3N5OS.HI/c1-22-17(25-10-15-26-14(11-28-15)18(19,20)21)24-9-12-5-4-8-23-16(12)27-13-6-2-3-7-13;/h4-5,8,11,13H,2-3,6-7,9-10H2,1H3,(H2,22,24,25);1H. The maximum absolute atomic E-state index is 12.6. The molecule has 160 valence electrons. The molecule has 6 nitrogen and oxygen atoms in total. The lowest BCUT2D eigenvalue weighted by atomic mass is 10.2. The zero-order valence-corrected chi connectivity index (χ0v) is 19.0. The number of pyridine rings is 1. The molecule has 1 saturated carbocycles. The van der Waals surface area contributed by atoms with E-state index in [2.05, 4.69) is 25.6 Å². The van der Waals surface area contributed by atoms with E-state index in [0.717, 1.165) is 35.1 Å². The van der Waals surface area contributed by atoms with Crippen LogP contribution in [0.2, 0.25) is 0 Å². The largest absolute Gasteiger partial charge is 0.474 e. The van der Waals surface area contributed by atoms with E-state index in [1.165, 1.54) is 12.8 Å². The monoisotopic (exact) mass is 541 g/mol. The van der Waals surface area contributed by atoms with E-state index in [-0.39, 0.29) is 36.6 Å². The third-order valence-electron chi connectivity index (χ3n) is 4.35. The van der Waals surface area contributed by atoms with E-state index >= 15 is 0 Å². The number of alkyl halides is 3. The molecule has 1 aliphatic rings. The third-order valence-corrected chi connectivity index (χ3v) is 5.20. The van der Waals surface area contributed by atoms with E-state index in [9.17, 15) is 13.2 Å². The van der Waals surface area contributed by atoms with E-state index in [0.29, 0.717) is 23.4 Å². The van der Waals surface area contributed by atoms with Gasteiger partial charge in [0.25, 0.3) is 0 Å². The van der Waals surface area contributed by atoms with E-state index < -0.39 is 11.9 Å². The van der Waals surface area contributed by atoms with Crippen molar-refractivity contribution in [3.8, 4) is 5.88 Å². The van der Waals surface area contributed by atoms with Gasteiger partial charge in [0.15, 0.2) is 11.7 Å². The Morgan fingerprint density at radius 1 is 1.28 bits per heavy atom. The highest BCUT2D eigenvalue weighted by Crippen LogP contribution is 2.30. The summed E-state index contributed by atoms with van der Waals surface area (Å²) in [5.41, 5.74) is 0.0206. The molecular weight excluding hydrogens is 518 g/mol. The number of hydrogen-bond acceptors (Lipinski definition) is 5. The zero-order valence-electron chi connectivity index (χ0n) is 15.8. The lowest BCUT2D eigenvalue weighted by Crippen LogP contribution is -2.36. The molecule has 0 aromatic carbocycles. The van der Waals surface area contributed by atoms with Crippen LogP contribution in [0, 0.1) is 0 Å². The summed E-state index contributed by atoms with van der Waals surface area (Å²) < 4.78 is 43.9. The first-order valence-electron chi connectivity index (χ1n) is 9.02. The maximum Gasteiger partial charge on any atom is 0.434 e. The number of aliphatic imine (C=N–C) groups is 1. The SMILES string of the molecule is CN=C(NCc1nc(C(F)(F)F)cs1)NCc1cccnc1OC1CCCC1.I. The molecule has 1 fully saturated rings. The number of guanidine groups is 1. The zero-order chi connectivity index (χ0) is 20.0. The predicted molar refractivity (Wildman–Crippen MR) is 117 cm³/mol. The second-order valence-electron chi connectivity index (χ2n) is 6.40. The molecule has 0 radical (unpaired) electrons. The van der Waals surface area contributed by atoms with Crippen molar-refractivity contribution in [3.05, 3.63) is 40.0 Å².